The van der Waals surface area contributed by atoms with Gasteiger partial charge in [0.15, 0.2) is 0 Å². The molecular weight excluding hydrogens is 287 g/mol. The van der Waals surface area contributed by atoms with E-state index in [-0.39, 0.29) is 29.9 Å². The molecule has 0 spiro atoms. The van der Waals surface area contributed by atoms with Gasteiger partial charge >= 0.3 is 6.18 Å². The van der Waals surface area contributed by atoms with Crippen LogP contribution in [0, 0.1) is 27.4 Å². The average molecular weight is 299 g/mol. The maximum absolute atomic E-state index is 12.8. The Hall–Kier alpha value is -2.30. The topological polar surface area (TPSA) is 70.2 Å². The second kappa shape index (κ2) is 5.60. The Bertz CT molecular complexity index is 595. The van der Waals surface area contributed by atoms with Crippen LogP contribution in [0.2, 0.25) is 0 Å². The SMILES string of the molecule is N#Cc1ccc(N2CCCC(C(F)(F)F)C2)c([N+](=O)[O-])c1. The van der Waals surface area contributed by atoms with Crippen molar-refractivity contribution >= 4 is 11.4 Å². The number of hydrogen-bond donors (Lipinski definition) is 0. The summed E-state index contributed by atoms with van der Waals surface area (Å²) < 4.78 is 38.4. The molecule has 1 atom stereocenters. The van der Waals surface area contributed by atoms with Crippen LogP contribution in [0.4, 0.5) is 24.5 Å². The summed E-state index contributed by atoms with van der Waals surface area (Å²) in [7, 11) is 0. The Morgan fingerprint density at radius 2 is 2.14 bits per heavy atom. The summed E-state index contributed by atoms with van der Waals surface area (Å²) in [6, 6.07) is 5.59. The highest BCUT2D eigenvalue weighted by atomic mass is 19.4. The van der Waals surface area contributed by atoms with Crippen LogP contribution in [-0.4, -0.2) is 24.2 Å². The summed E-state index contributed by atoms with van der Waals surface area (Å²) in [5, 5.41) is 19.8. The first kappa shape index (κ1) is 15.1. The molecule has 0 radical (unpaired) electrons. The van der Waals surface area contributed by atoms with Crippen LogP contribution in [0.3, 0.4) is 0 Å². The molecule has 8 heteroatoms. The van der Waals surface area contributed by atoms with Crippen molar-refractivity contribution in [2.45, 2.75) is 19.0 Å². The van der Waals surface area contributed by atoms with E-state index in [0.29, 0.717) is 13.0 Å². The van der Waals surface area contributed by atoms with E-state index in [1.807, 2.05) is 0 Å². The number of nitro groups is 1. The van der Waals surface area contributed by atoms with Crippen molar-refractivity contribution in [3.8, 4) is 6.07 Å². The lowest BCUT2D eigenvalue weighted by atomic mass is 9.96. The van der Waals surface area contributed by atoms with E-state index < -0.39 is 17.0 Å². The molecule has 1 aromatic carbocycles. The van der Waals surface area contributed by atoms with Gasteiger partial charge in [-0.05, 0) is 25.0 Å². The number of rotatable bonds is 2. The van der Waals surface area contributed by atoms with Gasteiger partial charge in [0.1, 0.15) is 5.69 Å². The third kappa shape index (κ3) is 3.24. The minimum Gasteiger partial charge on any atom is -0.365 e. The number of piperidine rings is 1. The molecule has 0 N–H and O–H groups in total. The van der Waals surface area contributed by atoms with Crippen molar-refractivity contribution in [2.24, 2.45) is 5.92 Å². The van der Waals surface area contributed by atoms with Gasteiger partial charge in [-0.3, -0.25) is 10.1 Å². The van der Waals surface area contributed by atoms with Crippen LogP contribution in [-0.2, 0) is 0 Å². The Kier molecular flexibility index (Phi) is 4.02. The summed E-state index contributed by atoms with van der Waals surface area (Å²) in [5.74, 6) is -1.48. The summed E-state index contributed by atoms with van der Waals surface area (Å²) in [5.41, 5.74) is -0.0975. The molecule has 0 aromatic heterocycles. The number of anilines is 1. The van der Waals surface area contributed by atoms with E-state index in [1.165, 1.54) is 17.0 Å². The average Bonchev–Trinajstić information content (AvgIpc) is 2.45. The van der Waals surface area contributed by atoms with Crippen LogP contribution in [0.15, 0.2) is 18.2 Å². The molecule has 1 unspecified atom stereocenters. The minimum absolute atomic E-state index is 0.0318. The maximum atomic E-state index is 12.8. The number of hydrogen-bond acceptors (Lipinski definition) is 4. The van der Waals surface area contributed by atoms with Crippen LogP contribution < -0.4 is 4.90 Å². The number of benzene rings is 1. The molecule has 21 heavy (non-hydrogen) atoms. The van der Waals surface area contributed by atoms with Crippen LogP contribution in [0.1, 0.15) is 18.4 Å². The zero-order valence-corrected chi connectivity index (χ0v) is 10.9. The molecule has 0 aliphatic carbocycles. The van der Waals surface area contributed by atoms with Gasteiger partial charge < -0.3 is 4.90 Å². The first-order valence-electron chi connectivity index (χ1n) is 6.33. The van der Waals surface area contributed by atoms with Gasteiger partial charge in [0.05, 0.1) is 22.5 Å². The molecule has 1 fully saturated rings. The lowest BCUT2D eigenvalue weighted by Gasteiger charge is -2.34. The van der Waals surface area contributed by atoms with Crippen molar-refractivity contribution in [3.63, 3.8) is 0 Å². The standard InChI is InChI=1S/C13H12F3N3O2/c14-13(15,16)10-2-1-5-18(8-10)11-4-3-9(7-17)6-12(11)19(20)21/h3-4,6,10H,1-2,5,8H2. The van der Waals surface area contributed by atoms with Gasteiger partial charge in [-0.2, -0.15) is 18.4 Å². The molecule has 2 rings (SSSR count). The number of nitriles is 1. The maximum Gasteiger partial charge on any atom is 0.393 e. The van der Waals surface area contributed by atoms with E-state index >= 15 is 0 Å². The summed E-state index contributed by atoms with van der Waals surface area (Å²) in [6.07, 6.45) is -3.95. The number of nitrogens with zero attached hydrogens (tertiary/aromatic N) is 3. The zero-order valence-electron chi connectivity index (χ0n) is 10.9. The van der Waals surface area contributed by atoms with Gasteiger partial charge in [0.2, 0.25) is 0 Å². The summed E-state index contributed by atoms with van der Waals surface area (Å²) >= 11 is 0. The fraction of sp³-hybridized carbons (Fsp3) is 0.462. The molecule has 0 saturated carbocycles. The van der Waals surface area contributed by atoms with Crippen molar-refractivity contribution in [3.05, 3.63) is 33.9 Å². The molecule has 1 aromatic rings. The van der Waals surface area contributed by atoms with Crippen molar-refractivity contribution in [2.75, 3.05) is 18.0 Å². The Labute approximate surface area is 118 Å². The van der Waals surface area contributed by atoms with Crippen LogP contribution >= 0.6 is 0 Å². The predicted molar refractivity (Wildman–Crippen MR) is 68.8 cm³/mol. The van der Waals surface area contributed by atoms with E-state index in [2.05, 4.69) is 0 Å². The fourth-order valence-corrected chi connectivity index (χ4v) is 2.47. The summed E-state index contributed by atoms with van der Waals surface area (Å²) in [6.45, 7) is 0.0373. The Morgan fingerprint density at radius 3 is 2.71 bits per heavy atom. The predicted octanol–water partition coefficient (Wildman–Crippen LogP) is 3.25. The molecule has 0 bridgehead atoms. The molecule has 1 aliphatic rings. The number of alkyl halides is 3. The highest BCUT2D eigenvalue weighted by Crippen LogP contribution is 2.37. The molecular formula is C13H12F3N3O2. The van der Waals surface area contributed by atoms with Gasteiger partial charge in [-0.1, -0.05) is 0 Å². The van der Waals surface area contributed by atoms with E-state index in [9.17, 15) is 23.3 Å². The Balaban J connectivity index is 2.33. The van der Waals surface area contributed by atoms with Crippen LogP contribution in [0.5, 0.6) is 0 Å². The smallest absolute Gasteiger partial charge is 0.365 e. The second-order valence-electron chi connectivity index (χ2n) is 4.90. The third-order valence-electron chi connectivity index (χ3n) is 3.53. The monoisotopic (exact) mass is 299 g/mol. The lowest BCUT2D eigenvalue weighted by molar-refractivity contribution is -0.384. The first-order valence-corrected chi connectivity index (χ1v) is 6.33. The fourth-order valence-electron chi connectivity index (χ4n) is 2.47. The third-order valence-corrected chi connectivity index (χ3v) is 3.53. The van der Waals surface area contributed by atoms with Crippen molar-refractivity contribution in [1.29, 1.82) is 5.26 Å². The van der Waals surface area contributed by atoms with E-state index in [1.54, 1.807) is 6.07 Å². The lowest BCUT2D eigenvalue weighted by Crippen LogP contribution is -2.42. The van der Waals surface area contributed by atoms with Gasteiger partial charge in [0, 0.05) is 19.2 Å². The summed E-state index contributed by atoms with van der Waals surface area (Å²) in [4.78, 5) is 11.8. The largest absolute Gasteiger partial charge is 0.393 e. The molecule has 1 aliphatic heterocycles. The normalized spacial score (nSPS) is 19.1. The van der Waals surface area contributed by atoms with E-state index in [4.69, 9.17) is 5.26 Å². The highest BCUT2D eigenvalue weighted by Gasteiger charge is 2.42. The highest BCUT2D eigenvalue weighted by molar-refractivity contribution is 5.65. The van der Waals surface area contributed by atoms with Gasteiger partial charge in [-0.15, -0.1) is 0 Å². The molecule has 1 saturated heterocycles. The van der Waals surface area contributed by atoms with Gasteiger partial charge in [0.25, 0.3) is 5.69 Å². The Morgan fingerprint density at radius 1 is 1.43 bits per heavy atom. The van der Waals surface area contributed by atoms with Crippen LogP contribution in [0.25, 0.3) is 0 Å². The zero-order chi connectivity index (χ0) is 15.6. The molecule has 1 heterocycles. The first-order chi connectivity index (χ1) is 9.82. The van der Waals surface area contributed by atoms with Crippen molar-refractivity contribution in [1.82, 2.24) is 0 Å². The molecule has 0 amide bonds. The van der Waals surface area contributed by atoms with E-state index in [0.717, 1.165) is 6.07 Å². The second-order valence-corrected chi connectivity index (χ2v) is 4.90. The molecule has 5 nitrogen and oxygen atoms in total. The molecule has 112 valence electrons. The number of halogens is 3. The van der Waals surface area contributed by atoms with Gasteiger partial charge in [-0.25, -0.2) is 0 Å². The quantitative estimate of drug-likeness (QED) is 0.621. The minimum atomic E-state index is -4.31. The van der Waals surface area contributed by atoms with Crippen molar-refractivity contribution < 1.29 is 18.1 Å². The number of nitro benzene ring substituents is 1.